The quantitative estimate of drug-likeness (QED) is 0.482. The van der Waals surface area contributed by atoms with E-state index in [0.717, 1.165) is 16.7 Å². The molecule has 2 amide bonds. The highest BCUT2D eigenvalue weighted by molar-refractivity contribution is 6.30. The van der Waals surface area contributed by atoms with Crippen molar-refractivity contribution < 1.29 is 19.1 Å². The molecule has 0 bridgehead atoms. The van der Waals surface area contributed by atoms with Crippen LogP contribution >= 0.6 is 11.6 Å². The summed E-state index contributed by atoms with van der Waals surface area (Å²) >= 11 is 5.88. The third-order valence-corrected chi connectivity index (χ3v) is 6.19. The van der Waals surface area contributed by atoms with E-state index in [2.05, 4.69) is 5.32 Å². The van der Waals surface area contributed by atoms with E-state index in [-0.39, 0.29) is 17.7 Å². The molecule has 6 nitrogen and oxygen atoms in total. The summed E-state index contributed by atoms with van der Waals surface area (Å²) in [5, 5.41) is 3.43. The van der Waals surface area contributed by atoms with E-state index < -0.39 is 12.0 Å². The number of nitrogens with zero attached hydrogens (tertiary/aromatic N) is 1. The Kier molecular flexibility index (Phi) is 6.70. The highest BCUT2D eigenvalue weighted by atomic mass is 35.5. The van der Waals surface area contributed by atoms with Crippen molar-refractivity contribution in [3.05, 3.63) is 88.4 Å². The third kappa shape index (κ3) is 4.68. The fourth-order valence-electron chi connectivity index (χ4n) is 4.16. The molecule has 1 aliphatic rings. The second-order valence-electron chi connectivity index (χ2n) is 8.56. The summed E-state index contributed by atoms with van der Waals surface area (Å²) in [6.07, 6.45) is 0. The molecule has 1 aliphatic heterocycles. The second kappa shape index (κ2) is 9.69. The lowest BCUT2D eigenvalue weighted by Gasteiger charge is -2.28. The Bertz CT molecular complexity index is 1240. The van der Waals surface area contributed by atoms with E-state index in [1.54, 1.807) is 29.2 Å². The summed E-state index contributed by atoms with van der Waals surface area (Å²) in [6.45, 7) is 4.18. The van der Waals surface area contributed by atoms with Crippen molar-refractivity contribution >= 4 is 35.1 Å². The molecule has 4 rings (SSSR count). The predicted octanol–water partition coefficient (Wildman–Crippen LogP) is 5.41. The number of ether oxygens (including phenoxy) is 1. The number of halogens is 1. The summed E-state index contributed by atoms with van der Waals surface area (Å²) in [5.74, 6) is -0.876. The summed E-state index contributed by atoms with van der Waals surface area (Å²) < 4.78 is 4.93. The number of anilines is 1. The molecule has 0 aliphatic carbocycles. The molecule has 0 unspecified atom stereocenters. The molecule has 3 aromatic carbocycles. The molecule has 174 valence electrons. The van der Waals surface area contributed by atoms with Crippen molar-refractivity contribution in [2.75, 3.05) is 12.4 Å². The molecular weight excluding hydrogens is 452 g/mol. The largest absolute Gasteiger partial charge is 0.467 e. The highest BCUT2D eigenvalue weighted by Gasteiger charge is 2.38. The van der Waals surface area contributed by atoms with Gasteiger partial charge < -0.3 is 15.0 Å². The van der Waals surface area contributed by atoms with Crippen LogP contribution in [0, 0.1) is 5.92 Å². The minimum absolute atomic E-state index is 0.0687. The summed E-state index contributed by atoms with van der Waals surface area (Å²) in [7, 11) is 1.34. The number of methoxy groups -OCH3 is 1. The summed E-state index contributed by atoms with van der Waals surface area (Å²) in [4.78, 5) is 39.4. The van der Waals surface area contributed by atoms with Gasteiger partial charge >= 0.3 is 5.97 Å². The number of rotatable bonds is 6. The number of hydrogen-bond acceptors (Lipinski definition) is 4. The van der Waals surface area contributed by atoms with Crippen LogP contribution in [0.25, 0.3) is 11.1 Å². The van der Waals surface area contributed by atoms with Crippen LogP contribution < -0.4 is 5.32 Å². The molecular formula is C27H25ClN2O4. The zero-order valence-corrected chi connectivity index (χ0v) is 19.9. The number of nitrogens with one attached hydrogen (secondary N) is 1. The maximum atomic E-state index is 13.1. The van der Waals surface area contributed by atoms with Gasteiger partial charge in [0.1, 0.15) is 6.04 Å². The SMILES string of the molecule is COC(=O)[C@H](C(C)C)N1Cc2ccc(-c3ccc(NC(=O)c4ccc(Cl)cc4)cc3)cc2C1=O. The zero-order valence-electron chi connectivity index (χ0n) is 19.2. The molecule has 0 saturated heterocycles. The van der Waals surface area contributed by atoms with Crippen molar-refractivity contribution in [2.24, 2.45) is 5.92 Å². The van der Waals surface area contributed by atoms with E-state index >= 15 is 0 Å². The maximum Gasteiger partial charge on any atom is 0.328 e. The topological polar surface area (TPSA) is 75.7 Å². The van der Waals surface area contributed by atoms with Gasteiger partial charge in [0.25, 0.3) is 11.8 Å². The van der Waals surface area contributed by atoms with E-state index in [4.69, 9.17) is 16.3 Å². The number of carbonyl (C=O) groups excluding carboxylic acids is 3. The van der Waals surface area contributed by atoms with E-state index in [1.807, 2.05) is 56.3 Å². The van der Waals surface area contributed by atoms with E-state index in [9.17, 15) is 14.4 Å². The Labute approximate surface area is 203 Å². The fourth-order valence-corrected chi connectivity index (χ4v) is 4.28. The number of esters is 1. The zero-order chi connectivity index (χ0) is 24.4. The number of hydrogen-bond donors (Lipinski definition) is 1. The number of benzene rings is 3. The van der Waals surface area contributed by atoms with Gasteiger partial charge in [0, 0.05) is 28.4 Å². The van der Waals surface area contributed by atoms with E-state index in [0.29, 0.717) is 28.4 Å². The van der Waals surface area contributed by atoms with Crippen LogP contribution in [0.15, 0.2) is 66.7 Å². The third-order valence-electron chi connectivity index (χ3n) is 5.93. The van der Waals surface area contributed by atoms with Crippen LogP contribution in [-0.2, 0) is 16.1 Å². The van der Waals surface area contributed by atoms with Crippen LogP contribution in [-0.4, -0.2) is 35.8 Å². The molecule has 1 atom stereocenters. The molecule has 7 heteroatoms. The van der Waals surface area contributed by atoms with Gasteiger partial charge in [0.05, 0.1) is 7.11 Å². The maximum absolute atomic E-state index is 13.1. The Morgan fingerprint density at radius 2 is 1.62 bits per heavy atom. The van der Waals surface area contributed by atoms with Gasteiger partial charge in [-0.15, -0.1) is 0 Å². The lowest BCUT2D eigenvalue weighted by atomic mass is 10.00. The van der Waals surface area contributed by atoms with Crippen molar-refractivity contribution in [2.45, 2.75) is 26.4 Å². The van der Waals surface area contributed by atoms with Crippen molar-refractivity contribution in [3.63, 3.8) is 0 Å². The van der Waals surface area contributed by atoms with Crippen LogP contribution in [0.1, 0.15) is 40.1 Å². The van der Waals surface area contributed by atoms with Crippen LogP contribution in [0.2, 0.25) is 5.02 Å². The Morgan fingerprint density at radius 3 is 2.24 bits per heavy atom. The predicted molar refractivity (Wildman–Crippen MR) is 132 cm³/mol. The number of carbonyl (C=O) groups is 3. The first-order valence-electron chi connectivity index (χ1n) is 11.0. The van der Waals surface area contributed by atoms with Gasteiger partial charge in [-0.1, -0.05) is 49.7 Å². The first kappa shape index (κ1) is 23.5. The van der Waals surface area contributed by atoms with Gasteiger partial charge in [-0.25, -0.2) is 4.79 Å². The number of amides is 2. The van der Waals surface area contributed by atoms with Crippen molar-refractivity contribution in [3.8, 4) is 11.1 Å². The minimum Gasteiger partial charge on any atom is -0.467 e. The van der Waals surface area contributed by atoms with Gasteiger partial charge in [-0.2, -0.15) is 0 Å². The first-order valence-corrected chi connectivity index (χ1v) is 11.4. The minimum atomic E-state index is -0.628. The summed E-state index contributed by atoms with van der Waals surface area (Å²) in [5.41, 5.74) is 4.43. The standard InChI is InChI=1S/C27H25ClN2O4/c1-16(2)24(27(33)34-3)30-15-20-5-4-19(14-23(20)26(30)32)17-8-12-22(13-9-17)29-25(31)18-6-10-21(28)11-7-18/h4-14,16,24H,15H2,1-3H3,(H,29,31)/t24-/m0/s1. The molecule has 0 radical (unpaired) electrons. The molecule has 3 aromatic rings. The highest BCUT2D eigenvalue weighted by Crippen LogP contribution is 2.32. The number of fused-ring (bicyclic) bond motifs is 1. The Hall–Kier alpha value is -3.64. The lowest BCUT2D eigenvalue weighted by Crippen LogP contribution is -2.45. The van der Waals surface area contributed by atoms with Crippen LogP contribution in [0.5, 0.6) is 0 Å². The van der Waals surface area contributed by atoms with E-state index in [1.165, 1.54) is 7.11 Å². The molecule has 1 heterocycles. The second-order valence-corrected chi connectivity index (χ2v) is 8.99. The normalized spacial score (nSPS) is 13.6. The van der Waals surface area contributed by atoms with Crippen LogP contribution in [0.4, 0.5) is 5.69 Å². The van der Waals surface area contributed by atoms with Crippen molar-refractivity contribution in [1.82, 2.24) is 4.90 Å². The smallest absolute Gasteiger partial charge is 0.328 e. The van der Waals surface area contributed by atoms with Crippen LogP contribution in [0.3, 0.4) is 0 Å². The van der Waals surface area contributed by atoms with Gasteiger partial charge in [-0.05, 0) is 65.1 Å². The Morgan fingerprint density at radius 1 is 0.971 bits per heavy atom. The lowest BCUT2D eigenvalue weighted by molar-refractivity contribution is -0.147. The van der Waals surface area contributed by atoms with Gasteiger partial charge in [-0.3, -0.25) is 9.59 Å². The molecule has 1 N–H and O–H groups in total. The average molecular weight is 477 g/mol. The van der Waals surface area contributed by atoms with Gasteiger partial charge in [0.2, 0.25) is 0 Å². The average Bonchev–Trinajstić information content (AvgIpc) is 3.15. The Balaban J connectivity index is 1.51. The fraction of sp³-hybridized carbons (Fsp3) is 0.222. The van der Waals surface area contributed by atoms with Crippen molar-refractivity contribution in [1.29, 1.82) is 0 Å². The molecule has 0 saturated carbocycles. The molecule has 0 spiro atoms. The first-order chi connectivity index (χ1) is 16.3. The molecule has 34 heavy (non-hydrogen) atoms. The summed E-state index contributed by atoms with van der Waals surface area (Å²) in [6, 6.07) is 19.2. The molecule has 0 aromatic heterocycles. The van der Waals surface area contributed by atoms with Gasteiger partial charge in [0.15, 0.2) is 0 Å². The molecule has 0 fully saturated rings. The monoisotopic (exact) mass is 476 g/mol.